The Morgan fingerprint density at radius 1 is 1.00 bits per heavy atom. The average Bonchev–Trinajstić information content (AvgIpc) is 2.76. The maximum atomic E-state index is 2.33. The predicted octanol–water partition coefficient (Wildman–Crippen LogP) is 4.77. The molecule has 0 fully saturated rings. The van der Waals surface area contributed by atoms with Crippen molar-refractivity contribution in [2.75, 3.05) is 0 Å². The standard InChI is InChI=1S/C17H18/c1-3-12(2)14-9-6-10-16-15-8-5-4-7-13(15)11-17(14)16/h4-10,12H,3,11H2,1-2H3. The molecule has 0 aliphatic heterocycles. The van der Waals surface area contributed by atoms with Crippen molar-refractivity contribution in [1.82, 2.24) is 0 Å². The van der Waals surface area contributed by atoms with Crippen molar-refractivity contribution in [1.29, 1.82) is 0 Å². The van der Waals surface area contributed by atoms with E-state index in [0.717, 1.165) is 6.42 Å². The van der Waals surface area contributed by atoms with Crippen LogP contribution in [-0.4, -0.2) is 0 Å². The highest BCUT2D eigenvalue weighted by Crippen LogP contribution is 2.40. The van der Waals surface area contributed by atoms with Crippen LogP contribution in [0.4, 0.5) is 0 Å². The monoisotopic (exact) mass is 222 g/mol. The number of hydrogen-bond donors (Lipinski definition) is 0. The van der Waals surface area contributed by atoms with E-state index >= 15 is 0 Å². The summed E-state index contributed by atoms with van der Waals surface area (Å²) in [6.07, 6.45) is 2.33. The molecule has 2 aromatic rings. The minimum atomic E-state index is 0.666. The second-order valence-electron chi connectivity index (χ2n) is 5.02. The lowest BCUT2D eigenvalue weighted by Gasteiger charge is -2.14. The summed E-state index contributed by atoms with van der Waals surface area (Å²) in [5.41, 5.74) is 7.48. The van der Waals surface area contributed by atoms with Crippen LogP contribution in [0.15, 0.2) is 42.5 Å². The highest BCUT2D eigenvalue weighted by Gasteiger charge is 2.21. The normalized spacial score (nSPS) is 14.2. The van der Waals surface area contributed by atoms with Crippen LogP contribution in [0.3, 0.4) is 0 Å². The molecular weight excluding hydrogens is 204 g/mol. The topological polar surface area (TPSA) is 0 Å². The molecule has 0 nitrogen and oxygen atoms in total. The molecule has 0 N–H and O–H groups in total. The van der Waals surface area contributed by atoms with Crippen LogP contribution in [0, 0.1) is 0 Å². The maximum absolute atomic E-state index is 2.33. The lowest BCUT2D eigenvalue weighted by Crippen LogP contribution is -1.97. The van der Waals surface area contributed by atoms with E-state index in [1.807, 2.05) is 0 Å². The van der Waals surface area contributed by atoms with Crippen molar-refractivity contribution < 1.29 is 0 Å². The van der Waals surface area contributed by atoms with Gasteiger partial charge < -0.3 is 0 Å². The minimum Gasteiger partial charge on any atom is -0.0648 e. The van der Waals surface area contributed by atoms with Gasteiger partial charge in [-0.2, -0.15) is 0 Å². The van der Waals surface area contributed by atoms with Gasteiger partial charge in [-0.15, -0.1) is 0 Å². The highest BCUT2D eigenvalue weighted by molar-refractivity contribution is 5.78. The smallest absolute Gasteiger partial charge is 0.00106 e. The first-order valence-electron chi connectivity index (χ1n) is 6.51. The van der Waals surface area contributed by atoms with Gasteiger partial charge >= 0.3 is 0 Å². The van der Waals surface area contributed by atoms with Crippen LogP contribution in [0.1, 0.15) is 42.9 Å². The zero-order valence-electron chi connectivity index (χ0n) is 10.5. The van der Waals surface area contributed by atoms with Crippen LogP contribution in [0.5, 0.6) is 0 Å². The summed E-state index contributed by atoms with van der Waals surface area (Å²) in [5, 5.41) is 0. The second-order valence-corrected chi connectivity index (χ2v) is 5.02. The van der Waals surface area contributed by atoms with Crippen molar-refractivity contribution >= 4 is 0 Å². The molecule has 0 saturated carbocycles. The molecule has 0 amide bonds. The zero-order valence-corrected chi connectivity index (χ0v) is 10.5. The Labute approximate surface area is 103 Å². The maximum Gasteiger partial charge on any atom is -0.00106 e. The van der Waals surface area contributed by atoms with Crippen molar-refractivity contribution in [2.24, 2.45) is 0 Å². The average molecular weight is 222 g/mol. The highest BCUT2D eigenvalue weighted by atomic mass is 14.3. The predicted molar refractivity (Wildman–Crippen MR) is 73.4 cm³/mol. The van der Waals surface area contributed by atoms with Crippen LogP contribution >= 0.6 is 0 Å². The Hall–Kier alpha value is -1.56. The summed E-state index contributed by atoms with van der Waals surface area (Å²) in [5.74, 6) is 0.666. The van der Waals surface area contributed by atoms with E-state index in [4.69, 9.17) is 0 Å². The van der Waals surface area contributed by atoms with Crippen LogP contribution in [-0.2, 0) is 6.42 Å². The van der Waals surface area contributed by atoms with E-state index in [1.54, 1.807) is 11.1 Å². The molecule has 0 spiro atoms. The molecule has 1 atom stereocenters. The van der Waals surface area contributed by atoms with Crippen LogP contribution in [0.25, 0.3) is 11.1 Å². The minimum absolute atomic E-state index is 0.666. The van der Waals surface area contributed by atoms with Crippen LogP contribution in [0.2, 0.25) is 0 Å². The van der Waals surface area contributed by atoms with Crippen molar-refractivity contribution in [3.63, 3.8) is 0 Å². The van der Waals surface area contributed by atoms with Gasteiger partial charge in [0, 0.05) is 0 Å². The summed E-state index contributed by atoms with van der Waals surface area (Å²) in [4.78, 5) is 0. The van der Waals surface area contributed by atoms with E-state index in [2.05, 4.69) is 56.3 Å². The van der Waals surface area contributed by atoms with E-state index in [9.17, 15) is 0 Å². The van der Waals surface area contributed by atoms with E-state index in [-0.39, 0.29) is 0 Å². The van der Waals surface area contributed by atoms with Crippen LogP contribution < -0.4 is 0 Å². The first-order valence-corrected chi connectivity index (χ1v) is 6.51. The van der Waals surface area contributed by atoms with E-state index < -0.39 is 0 Å². The molecule has 1 aliphatic rings. The number of rotatable bonds is 2. The molecular formula is C17H18. The first-order chi connectivity index (χ1) is 8.31. The lowest BCUT2D eigenvalue weighted by atomic mass is 9.91. The SMILES string of the molecule is CCC(C)c1cccc2c1Cc1ccccc1-2. The van der Waals surface area contributed by atoms with Gasteiger partial charge in [0.15, 0.2) is 0 Å². The van der Waals surface area contributed by atoms with Crippen molar-refractivity contribution in [2.45, 2.75) is 32.6 Å². The first kappa shape index (κ1) is 10.6. The van der Waals surface area contributed by atoms with Gasteiger partial charge in [-0.25, -0.2) is 0 Å². The third-order valence-electron chi connectivity index (χ3n) is 4.03. The zero-order chi connectivity index (χ0) is 11.8. The molecule has 0 bridgehead atoms. The van der Waals surface area contributed by atoms with Gasteiger partial charge in [0.1, 0.15) is 0 Å². The molecule has 2 aromatic carbocycles. The molecule has 0 heteroatoms. The van der Waals surface area contributed by atoms with E-state index in [0.29, 0.717) is 5.92 Å². The largest absolute Gasteiger partial charge is 0.0648 e. The Morgan fingerprint density at radius 3 is 2.59 bits per heavy atom. The number of fused-ring (bicyclic) bond motifs is 3. The van der Waals surface area contributed by atoms with Gasteiger partial charge in [0.25, 0.3) is 0 Å². The number of hydrogen-bond acceptors (Lipinski definition) is 0. The summed E-state index contributed by atoms with van der Waals surface area (Å²) >= 11 is 0. The third kappa shape index (κ3) is 1.59. The molecule has 3 rings (SSSR count). The quantitative estimate of drug-likeness (QED) is 0.586. The molecule has 86 valence electrons. The Morgan fingerprint density at radius 2 is 1.76 bits per heavy atom. The molecule has 1 aliphatic carbocycles. The fourth-order valence-electron chi connectivity index (χ4n) is 2.86. The summed E-state index contributed by atoms with van der Waals surface area (Å²) in [7, 11) is 0. The second kappa shape index (κ2) is 4.03. The van der Waals surface area contributed by atoms with Crippen molar-refractivity contribution in [3.05, 3.63) is 59.2 Å². The summed E-state index contributed by atoms with van der Waals surface area (Å²) in [6.45, 7) is 4.60. The van der Waals surface area contributed by atoms with Gasteiger partial charge in [-0.1, -0.05) is 56.3 Å². The van der Waals surface area contributed by atoms with Gasteiger partial charge in [0.05, 0.1) is 0 Å². The molecule has 0 heterocycles. The Bertz CT molecular complexity index is 552. The molecule has 17 heavy (non-hydrogen) atoms. The fraction of sp³-hybridized carbons (Fsp3) is 0.294. The van der Waals surface area contributed by atoms with Gasteiger partial charge in [0.2, 0.25) is 0 Å². The van der Waals surface area contributed by atoms with Gasteiger partial charge in [-0.05, 0) is 46.6 Å². The summed E-state index contributed by atoms with van der Waals surface area (Å²) in [6, 6.07) is 15.6. The van der Waals surface area contributed by atoms with E-state index in [1.165, 1.54) is 23.1 Å². The Kier molecular flexibility index (Phi) is 2.51. The van der Waals surface area contributed by atoms with Crippen molar-refractivity contribution in [3.8, 4) is 11.1 Å². The molecule has 0 radical (unpaired) electrons. The molecule has 0 saturated heterocycles. The van der Waals surface area contributed by atoms with Gasteiger partial charge in [-0.3, -0.25) is 0 Å². The Balaban J connectivity index is 2.17. The number of benzene rings is 2. The summed E-state index contributed by atoms with van der Waals surface area (Å²) < 4.78 is 0. The fourth-order valence-corrected chi connectivity index (χ4v) is 2.86. The lowest BCUT2D eigenvalue weighted by molar-refractivity contribution is 0.726. The third-order valence-corrected chi connectivity index (χ3v) is 4.03. The molecule has 1 unspecified atom stereocenters. The molecule has 0 aromatic heterocycles.